The Kier molecular flexibility index (Phi) is 9.51. The highest BCUT2D eigenvalue weighted by atomic mass is 32.2. The maximum absolute atomic E-state index is 12.3. The van der Waals surface area contributed by atoms with Crippen molar-refractivity contribution in [3.63, 3.8) is 0 Å². The van der Waals surface area contributed by atoms with Gasteiger partial charge < -0.3 is 19.7 Å². The number of ether oxygens (including phenoxy) is 2. The molecule has 1 amide bonds. The van der Waals surface area contributed by atoms with E-state index in [4.69, 9.17) is 17.0 Å². The van der Waals surface area contributed by atoms with Gasteiger partial charge in [0.2, 0.25) is 5.91 Å². The number of rotatable bonds is 9. The van der Waals surface area contributed by atoms with Crippen molar-refractivity contribution in [2.75, 3.05) is 26.0 Å². The Morgan fingerprint density at radius 2 is 2.00 bits per heavy atom. The van der Waals surface area contributed by atoms with Gasteiger partial charge in [-0.15, -0.1) is 0 Å². The van der Waals surface area contributed by atoms with E-state index in [2.05, 4.69) is 10.1 Å². The van der Waals surface area contributed by atoms with Crippen molar-refractivity contribution >= 4 is 34.2 Å². The van der Waals surface area contributed by atoms with Crippen molar-refractivity contribution in [3.05, 3.63) is 23.8 Å². The molecule has 5 nitrogen and oxygen atoms in total. The van der Waals surface area contributed by atoms with Crippen LogP contribution in [-0.4, -0.2) is 47.7 Å². The molecule has 0 saturated heterocycles. The Labute approximate surface area is 156 Å². The lowest BCUT2D eigenvalue weighted by Gasteiger charge is -2.20. The van der Waals surface area contributed by atoms with E-state index in [1.54, 1.807) is 12.1 Å². The van der Waals surface area contributed by atoms with Gasteiger partial charge in [-0.25, -0.2) is 0 Å². The molecule has 0 aliphatic carbocycles. The summed E-state index contributed by atoms with van der Waals surface area (Å²) in [6.45, 7) is 2.94. The van der Waals surface area contributed by atoms with E-state index >= 15 is 0 Å². The molecule has 1 rings (SSSR count). The van der Waals surface area contributed by atoms with Gasteiger partial charge in [0.05, 0.1) is 12.9 Å². The topological polar surface area (TPSA) is 50.8 Å². The number of nitrogens with zero attached hydrogens (tertiary/aromatic N) is 1. The highest BCUT2D eigenvalue weighted by molar-refractivity contribution is 8.23. The first-order chi connectivity index (χ1) is 11.9. The van der Waals surface area contributed by atoms with Gasteiger partial charge in [-0.05, 0) is 31.5 Å². The van der Waals surface area contributed by atoms with Gasteiger partial charge >= 0.3 is 6.61 Å². The second-order valence-corrected chi connectivity index (χ2v) is 6.48. The Hall–Kier alpha value is -1.61. The molecule has 0 fully saturated rings. The number of alkyl halides is 2. The SMILES string of the molecule is CCN(CC)C(=S)SCC(=O)NCc1ccc(OC(F)F)c(OC)c1. The fourth-order valence-corrected chi connectivity index (χ4v) is 3.20. The van der Waals surface area contributed by atoms with Crippen LogP contribution in [0.15, 0.2) is 18.2 Å². The lowest BCUT2D eigenvalue weighted by Crippen LogP contribution is -2.30. The summed E-state index contributed by atoms with van der Waals surface area (Å²) in [5, 5.41) is 2.76. The molecule has 0 aliphatic rings. The average molecular weight is 392 g/mol. The zero-order valence-electron chi connectivity index (χ0n) is 14.4. The van der Waals surface area contributed by atoms with Crippen LogP contribution in [0, 0.1) is 0 Å². The lowest BCUT2D eigenvalue weighted by atomic mass is 10.2. The van der Waals surface area contributed by atoms with Crippen LogP contribution in [-0.2, 0) is 11.3 Å². The van der Waals surface area contributed by atoms with E-state index in [1.807, 2.05) is 18.7 Å². The van der Waals surface area contributed by atoms with Crippen molar-refractivity contribution in [1.82, 2.24) is 10.2 Å². The largest absolute Gasteiger partial charge is 0.493 e. The molecule has 0 unspecified atom stereocenters. The summed E-state index contributed by atoms with van der Waals surface area (Å²) in [5.74, 6) is 0.196. The van der Waals surface area contributed by atoms with E-state index < -0.39 is 6.61 Å². The van der Waals surface area contributed by atoms with Crippen LogP contribution < -0.4 is 14.8 Å². The predicted molar refractivity (Wildman–Crippen MR) is 99.4 cm³/mol. The maximum Gasteiger partial charge on any atom is 0.387 e. The van der Waals surface area contributed by atoms with Crippen LogP contribution in [0.3, 0.4) is 0 Å². The smallest absolute Gasteiger partial charge is 0.387 e. The van der Waals surface area contributed by atoms with E-state index in [-0.39, 0.29) is 29.7 Å². The number of nitrogens with one attached hydrogen (secondary N) is 1. The average Bonchev–Trinajstić information content (AvgIpc) is 2.59. The predicted octanol–water partition coefficient (Wildman–Crippen LogP) is 3.27. The molecule has 0 radical (unpaired) electrons. The molecule has 0 heterocycles. The van der Waals surface area contributed by atoms with Crippen LogP contribution in [0.2, 0.25) is 0 Å². The minimum atomic E-state index is -2.92. The van der Waals surface area contributed by atoms with Crippen LogP contribution in [0.4, 0.5) is 8.78 Å². The summed E-state index contributed by atoms with van der Waals surface area (Å²) in [4.78, 5) is 13.9. The first-order valence-corrected chi connectivity index (χ1v) is 9.10. The number of amides is 1. The highest BCUT2D eigenvalue weighted by Crippen LogP contribution is 2.29. The van der Waals surface area contributed by atoms with Crippen molar-refractivity contribution < 1.29 is 23.0 Å². The van der Waals surface area contributed by atoms with Gasteiger partial charge in [-0.2, -0.15) is 8.78 Å². The molecule has 0 aromatic heterocycles. The Bertz CT molecular complexity index is 584. The molecule has 0 aliphatic heterocycles. The third-order valence-corrected chi connectivity index (χ3v) is 4.81. The van der Waals surface area contributed by atoms with Gasteiger partial charge in [-0.3, -0.25) is 4.79 Å². The van der Waals surface area contributed by atoms with Gasteiger partial charge in [-0.1, -0.05) is 30.0 Å². The molecule has 0 atom stereocenters. The second kappa shape index (κ2) is 11.1. The Morgan fingerprint density at radius 1 is 1.32 bits per heavy atom. The number of benzene rings is 1. The minimum Gasteiger partial charge on any atom is -0.493 e. The highest BCUT2D eigenvalue weighted by Gasteiger charge is 2.12. The van der Waals surface area contributed by atoms with Crippen molar-refractivity contribution in [1.29, 1.82) is 0 Å². The number of hydrogen-bond donors (Lipinski definition) is 1. The lowest BCUT2D eigenvalue weighted by molar-refractivity contribution is -0.118. The number of thiocarbonyl (C=S) groups is 1. The fourth-order valence-electron chi connectivity index (χ4n) is 1.97. The zero-order valence-corrected chi connectivity index (χ0v) is 16.0. The van der Waals surface area contributed by atoms with Gasteiger partial charge in [0.25, 0.3) is 0 Å². The normalized spacial score (nSPS) is 10.5. The van der Waals surface area contributed by atoms with Crippen molar-refractivity contribution in [2.45, 2.75) is 27.0 Å². The fraction of sp³-hybridized carbons (Fsp3) is 0.500. The van der Waals surface area contributed by atoms with Crippen molar-refractivity contribution in [3.8, 4) is 11.5 Å². The number of carbonyl (C=O) groups excluding carboxylic acids is 1. The van der Waals surface area contributed by atoms with Gasteiger partial charge in [0.1, 0.15) is 4.32 Å². The van der Waals surface area contributed by atoms with Gasteiger partial charge in [0.15, 0.2) is 11.5 Å². The molecule has 0 bridgehead atoms. The summed E-state index contributed by atoms with van der Waals surface area (Å²) in [7, 11) is 1.36. The van der Waals surface area contributed by atoms with E-state index in [0.717, 1.165) is 13.1 Å². The summed E-state index contributed by atoms with van der Waals surface area (Å²) in [5.41, 5.74) is 0.711. The number of hydrogen-bond acceptors (Lipinski definition) is 5. The van der Waals surface area contributed by atoms with E-state index in [9.17, 15) is 13.6 Å². The summed E-state index contributed by atoms with van der Waals surface area (Å²) >= 11 is 6.58. The van der Waals surface area contributed by atoms with Crippen molar-refractivity contribution in [2.24, 2.45) is 0 Å². The molecular weight excluding hydrogens is 370 g/mol. The number of methoxy groups -OCH3 is 1. The third-order valence-electron chi connectivity index (χ3n) is 3.28. The first kappa shape index (κ1) is 21.4. The zero-order chi connectivity index (χ0) is 18.8. The molecule has 1 N–H and O–H groups in total. The number of halogens is 2. The maximum atomic E-state index is 12.3. The minimum absolute atomic E-state index is 0.0484. The van der Waals surface area contributed by atoms with Gasteiger partial charge in [0, 0.05) is 19.6 Å². The quantitative estimate of drug-likeness (QED) is 0.651. The molecule has 0 spiro atoms. The van der Waals surface area contributed by atoms with E-state index in [1.165, 1.54) is 24.9 Å². The van der Waals surface area contributed by atoms with Crippen LogP contribution >= 0.6 is 24.0 Å². The van der Waals surface area contributed by atoms with Crippen LogP contribution in [0.1, 0.15) is 19.4 Å². The molecule has 25 heavy (non-hydrogen) atoms. The molecule has 0 saturated carbocycles. The summed E-state index contributed by atoms with van der Waals surface area (Å²) in [6.07, 6.45) is 0. The van der Waals surface area contributed by atoms with E-state index in [0.29, 0.717) is 9.88 Å². The molecule has 9 heteroatoms. The molecule has 1 aromatic carbocycles. The Morgan fingerprint density at radius 3 is 2.56 bits per heavy atom. The molecule has 1 aromatic rings. The first-order valence-electron chi connectivity index (χ1n) is 7.71. The number of thioether (sulfide) groups is 1. The molecule has 140 valence electrons. The number of carbonyl (C=O) groups is 1. The molecular formula is C16H22F2N2O3S2. The second-order valence-electron chi connectivity index (χ2n) is 4.87. The van der Waals surface area contributed by atoms with Crippen LogP contribution in [0.25, 0.3) is 0 Å². The third kappa shape index (κ3) is 7.43. The Balaban J connectivity index is 2.52. The monoisotopic (exact) mass is 392 g/mol. The standard InChI is InChI=1S/C16H22F2N2O3S2/c1-4-20(5-2)16(24)25-10-14(21)19-9-11-6-7-12(23-15(17)18)13(8-11)22-3/h6-8,15H,4-5,9-10H2,1-3H3,(H,19,21). The summed E-state index contributed by atoms with van der Waals surface area (Å²) in [6, 6.07) is 4.52. The summed E-state index contributed by atoms with van der Waals surface area (Å²) < 4.78 is 34.7. The van der Waals surface area contributed by atoms with Crippen LogP contribution in [0.5, 0.6) is 11.5 Å².